The summed E-state index contributed by atoms with van der Waals surface area (Å²) in [4.78, 5) is -0.0671. The second kappa shape index (κ2) is 7.12. The Labute approximate surface area is 119 Å². The van der Waals surface area contributed by atoms with Gasteiger partial charge in [-0.15, -0.1) is 0 Å². The molecule has 0 spiro atoms. The maximum Gasteiger partial charge on any atom is 0.240 e. The Morgan fingerprint density at radius 1 is 1.45 bits per heavy atom. The molecule has 0 fully saturated rings. The lowest BCUT2D eigenvalue weighted by molar-refractivity contribution is 0.161. The van der Waals surface area contributed by atoms with Gasteiger partial charge in [-0.05, 0) is 30.5 Å². The van der Waals surface area contributed by atoms with Crippen LogP contribution in [0.1, 0.15) is 18.1 Å². The van der Waals surface area contributed by atoms with Gasteiger partial charge in [0.25, 0.3) is 0 Å². The molecule has 0 aromatic heterocycles. The molecule has 1 aromatic carbocycles. The Morgan fingerprint density at radius 2 is 2.10 bits per heavy atom. The zero-order chi connectivity index (χ0) is 15.3. The number of methoxy groups -OCH3 is 1. The molecule has 0 aliphatic carbocycles. The molecular formula is C13H21FN2O3S. The van der Waals surface area contributed by atoms with Crippen molar-refractivity contribution in [2.24, 2.45) is 11.7 Å². The van der Waals surface area contributed by atoms with Gasteiger partial charge in [0.1, 0.15) is 5.82 Å². The number of ether oxygens (including phenoxy) is 1. The molecule has 0 bridgehead atoms. The molecule has 114 valence electrons. The van der Waals surface area contributed by atoms with Gasteiger partial charge in [-0.2, -0.15) is 0 Å². The first-order valence-electron chi connectivity index (χ1n) is 6.29. The van der Waals surface area contributed by atoms with E-state index in [1.807, 2.05) is 6.92 Å². The van der Waals surface area contributed by atoms with Gasteiger partial charge in [0, 0.05) is 32.4 Å². The number of nitrogens with one attached hydrogen (secondary N) is 1. The van der Waals surface area contributed by atoms with Crippen molar-refractivity contribution in [1.29, 1.82) is 0 Å². The maximum atomic E-state index is 13.7. The van der Waals surface area contributed by atoms with Gasteiger partial charge in [-0.3, -0.25) is 0 Å². The highest BCUT2D eigenvalue weighted by atomic mass is 32.2. The van der Waals surface area contributed by atoms with Gasteiger partial charge in [0.15, 0.2) is 0 Å². The maximum absolute atomic E-state index is 13.7. The number of rotatable bonds is 7. The molecule has 0 aliphatic heterocycles. The summed E-state index contributed by atoms with van der Waals surface area (Å²) >= 11 is 0. The number of halogens is 1. The summed E-state index contributed by atoms with van der Waals surface area (Å²) < 4.78 is 45.6. The predicted octanol–water partition coefficient (Wildman–Crippen LogP) is 1.15. The van der Waals surface area contributed by atoms with Crippen molar-refractivity contribution in [3.8, 4) is 0 Å². The van der Waals surface area contributed by atoms with Crippen molar-refractivity contribution < 1.29 is 17.5 Å². The highest BCUT2D eigenvalue weighted by Gasteiger charge is 2.20. The molecule has 0 aliphatic rings. The highest BCUT2D eigenvalue weighted by Crippen LogP contribution is 2.20. The molecule has 7 heteroatoms. The zero-order valence-corrected chi connectivity index (χ0v) is 12.8. The Balaban J connectivity index is 3.00. The summed E-state index contributed by atoms with van der Waals surface area (Å²) in [5.41, 5.74) is 5.98. The molecule has 3 N–H and O–H groups in total. The molecule has 1 rings (SSSR count). The largest absolute Gasteiger partial charge is 0.384 e. The normalized spacial score (nSPS) is 13.4. The van der Waals surface area contributed by atoms with Crippen LogP contribution in [0.5, 0.6) is 0 Å². The lowest BCUT2D eigenvalue weighted by Gasteiger charge is -2.14. The van der Waals surface area contributed by atoms with Crippen molar-refractivity contribution in [2.45, 2.75) is 25.3 Å². The standard InChI is InChI=1S/C13H21FN2O3S/c1-9(8-19-3)7-16-20(17,18)13-5-11(6-15)4-12(14)10(13)2/h4-5,9,16H,6-8,15H2,1-3H3. The van der Waals surface area contributed by atoms with Crippen LogP contribution < -0.4 is 10.5 Å². The van der Waals surface area contributed by atoms with Crippen molar-refractivity contribution in [3.05, 3.63) is 29.1 Å². The van der Waals surface area contributed by atoms with Gasteiger partial charge in [0.05, 0.1) is 4.90 Å². The third kappa shape index (κ3) is 4.24. The van der Waals surface area contributed by atoms with E-state index in [9.17, 15) is 12.8 Å². The average molecular weight is 304 g/mol. The van der Waals surface area contributed by atoms with E-state index in [0.29, 0.717) is 12.2 Å². The van der Waals surface area contributed by atoms with E-state index in [2.05, 4.69) is 4.72 Å². The van der Waals surface area contributed by atoms with Crippen LogP contribution in [-0.4, -0.2) is 28.7 Å². The highest BCUT2D eigenvalue weighted by molar-refractivity contribution is 7.89. The Morgan fingerprint density at radius 3 is 2.65 bits per heavy atom. The molecular weight excluding hydrogens is 283 g/mol. The molecule has 5 nitrogen and oxygen atoms in total. The molecule has 0 heterocycles. The van der Waals surface area contributed by atoms with Crippen molar-refractivity contribution in [2.75, 3.05) is 20.3 Å². The first-order valence-corrected chi connectivity index (χ1v) is 7.77. The molecule has 20 heavy (non-hydrogen) atoms. The van der Waals surface area contributed by atoms with Crippen LogP contribution in [0.15, 0.2) is 17.0 Å². The number of benzene rings is 1. The fourth-order valence-electron chi connectivity index (χ4n) is 1.78. The lowest BCUT2D eigenvalue weighted by Crippen LogP contribution is -2.30. The van der Waals surface area contributed by atoms with Crippen molar-refractivity contribution in [1.82, 2.24) is 4.72 Å². The summed E-state index contributed by atoms with van der Waals surface area (Å²) in [6.45, 7) is 4.04. The molecule has 1 aromatic rings. The van der Waals surface area contributed by atoms with E-state index in [-0.39, 0.29) is 29.5 Å². The van der Waals surface area contributed by atoms with Crippen LogP contribution in [0.2, 0.25) is 0 Å². The van der Waals surface area contributed by atoms with E-state index in [0.717, 1.165) is 0 Å². The molecule has 1 atom stereocenters. The SMILES string of the molecule is COCC(C)CNS(=O)(=O)c1cc(CN)cc(F)c1C. The van der Waals surface area contributed by atoms with Gasteiger partial charge in [0.2, 0.25) is 10.0 Å². The monoisotopic (exact) mass is 304 g/mol. The lowest BCUT2D eigenvalue weighted by atomic mass is 10.1. The summed E-state index contributed by atoms with van der Waals surface area (Å²) in [6.07, 6.45) is 0. The fraction of sp³-hybridized carbons (Fsp3) is 0.538. The summed E-state index contributed by atoms with van der Waals surface area (Å²) in [6, 6.07) is 2.66. The van der Waals surface area contributed by atoms with Crippen molar-refractivity contribution in [3.63, 3.8) is 0 Å². The van der Waals surface area contributed by atoms with Gasteiger partial charge in [-0.1, -0.05) is 6.92 Å². The molecule has 1 unspecified atom stereocenters. The summed E-state index contributed by atoms with van der Waals surface area (Å²) in [7, 11) is -2.21. The third-order valence-electron chi connectivity index (χ3n) is 2.95. The average Bonchev–Trinajstić information content (AvgIpc) is 2.39. The second-order valence-electron chi connectivity index (χ2n) is 4.82. The van der Waals surface area contributed by atoms with Crippen LogP contribution in [0.3, 0.4) is 0 Å². The molecule has 0 saturated carbocycles. The van der Waals surface area contributed by atoms with E-state index in [1.165, 1.54) is 19.1 Å². The zero-order valence-electron chi connectivity index (χ0n) is 11.9. The van der Waals surface area contributed by atoms with Gasteiger partial charge in [-0.25, -0.2) is 17.5 Å². The van der Waals surface area contributed by atoms with Crippen LogP contribution in [0, 0.1) is 18.7 Å². The molecule has 0 saturated heterocycles. The van der Waals surface area contributed by atoms with E-state index >= 15 is 0 Å². The van der Waals surface area contributed by atoms with E-state index in [1.54, 1.807) is 7.11 Å². The van der Waals surface area contributed by atoms with Crippen LogP contribution in [0.4, 0.5) is 4.39 Å². The Kier molecular flexibility index (Phi) is 6.07. The summed E-state index contributed by atoms with van der Waals surface area (Å²) in [5, 5.41) is 0. The first-order chi connectivity index (χ1) is 9.31. The van der Waals surface area contributed by atoms with Crippen molar-refractivity contribution >= 4 is 10.0 Å². The topological polar surface area (TPSA) is 81.4 Å². The number of sulfonamides is 1. The number of nitrogens with two attached hydrogens (primary N) is 1. The van der Waals surface area contributed by atoms with E-state index < -0.39 is 15.8 Å². The minimum Gasteiger partial charge on any atom is -0.384 e. The van der Waals surface area contributed by atoms with Crippen LogP contribution in [0.25, 0.3) is 0 Å². The van der Waals surface area contributed by atoms with Crippen LogP contribution in [-0.2, 0) is 21.3 Å². The smallest absolute Gasteiger partial charge is 0.240 e. The molecule has 0 radical (unpaired) electrons. The van der Waals surface area contributed by atoms with Gasteiger partial charge >= 0.3 is 0 Å². The fourth-order valence-corrected chi connectivity index (χ4v) is 3.24. The number of hydrogen-bond acceptors (Lipinski definition) is 4. The summed E-state index contributed by atoms with van der Waals surface area (Å²) in [5.74, 6) is -0.545. The first kappa shape index (κ1) is 17.0. The quantitative estimate of drug-likeness (QED) is 0.792. The Bertz CT molecular complexity index is 561. The minimum atomic E-state index is -3.76. The van der Waals surface area contributed by atoms with Crippen LogP contribution >= 0.6 is 0 Å². The predicted molar refractivity (Wildman–Crippen MR) is 75.3 cm³/mol. The Hall–Kier alpha value is -1.02. The minimum absolute atomic E-state index is 0.0256. The second-order valence-corrected chi connectivity index (χ2v) is 6.55. The van der Waals surface area contributed by atoms with E-state index in [4.69, 9.17) is 10.5 Å². The third-order valence-corrected chi connectivity index (χ3v) is 4.50. The van der Waals surface area contributed by atoms with Gasteiger partial charge < -0.3 is 10.5 Å². The number of hydrogen-bond donors (Lipinski definition) is 2. The molecule has 0 amide bonds.